The quantitative estimate of drug-likeness (QED) is 0.805. The molecule has 0 aromatic carbocycles. The molecule has 2 rings (SSSR count). The Hall–Kier alpha value is -0.680. The van der Waals surface area contributed by atoms with E-state index in [0.29, 0.717) is 0 Å². The molecule has 1 fully saturated rings. The standard InChI is InChI=1S/C10H18N4S/c1-3-6-11-10-13-12-9(15-10)7-14(2)8-4-5-8/h8H,3-7H2,1-2H3,(H,11,13). The molecule has 1 saturated carbocycles. The SMILES string of the molecule is CCCNc1nnc(CN(C)C2CC2)s1. The number of hydrogen-bond acceptors (Lipinski definition) is 5. The summed E-state index contributed by atoms with van der Waals surface area (Å²) in [6.45, 7) is 4.07. The van der Waals surface area contributed by atoms with Crippen LogP contribution in [0.25, 0.3) is 0 Å². The van der Waals surface area contributed by atoms with Crippen LogP contribution in [0.4, 0.5) is 5.13 Å². The third-order valence-corrected chi connectivity index (χ3v) is 3.41. The minimum absolute atomic E-state index is 0.793. The van der Waals surface area contributed by atoms with Crippen LogP contribution in [-0.2, 0) is 6.54 Å². The minimum atomic E-state index is 0.793. The molecule has 84 valence electrons. The summed E-state index contributed by atoms with van der Waals surface area (Å²) in [5.74, 6) is 0. The van der Waals surface area contributed by atoms with Gasteiger partial charge in [-0.3, -0.25) is 4.90 Å². The lowest BCUT2D eigenvalue weighted by Gasteiger charge is -2.12. The Balaban J connectivity index is 1.83. The van der Waals surface area contributed by atoms with Crippen molar-refractivity contribution < 1.29 is 0 Å². The molecule has 1 heterocycles. The highest BCUT2D eigenvalue weighted by molar-refractivity contribution is 7.15. The first kappa shape index (κ1) is 10.8. The van der Waals surface area contributed by atoms with E-state index in [1.165, 1.54) is 12.8 Å². The van der Waals surface area contributed by atoms with Gasteiger partial charge in [-0.2, -0.15) is 0 Å². The number of anilines is 1. The van der Waals surface area contributed by atoms with Gasteiger partial charge in [-0.25, -0.2) is 0 Å². The lowest BCUT2D eigenvalue weighted by molar-refractivity contribution is 0.315. The normalized spacial score (nSPS) is 15.9. The van der Waals surface area contributed by atoms with Gasteiger partial charge in [0.2, 0.25) is 5.13 Å². The summed E-state index contributed by atoms with van der Waals surface area (Å²) in [6.07, 6.45) is 3.81. The average molecular weight is 226 g/mol. The van der Waals surface area contributed by atoms with E-state index in [-0.39, 0.29) is 0 Å². The zero-order valence-electron chi connectivity index (χ0n) is 9.36. The molecule has 0 aliphatic heterocycles. The Morgan fingerprint density at radius 1 is 1.47 bits per heavy atom. The molecule has 0 atom stereocenters. The fourth-order valence-corrected chi connectivity index (χ4v) is 2.31. The maximum Gasteiger partial charge on any atom is 0.205 e. The van der Waals surface area contributed by atoms with E-state index < -0.39 is 0 Å². The summed E-state index contributed by atoms with van der Waals surface area (Å²) in [4.78, 5) is 2.37. The molecule has 1 N–H and O–H groups in total. The Labute approximate surface area is 94.7 Å². The highest BCUT2D eigenvalue weighted by Crippen LogP contribution is 2.27. The molecule has 0 spiro atoms. The van der Waals surface area contributed by atoms with Gasteiger partial charge >= 0.3 is 0 Å². The van der Waals surface area contributed by atoms with E-state index in [2.05, 4.69) is 34.4 Å². The number of aromatic nitrogens is 2. The van der Waals surface area contributed by atoms with Crippen molar-refractivity contribution in [1.29, 1.82) is 0 Å². The second-order valence-corrected chi connectivity index (χ2v) is 5.14. The van der Waals surface area contributed by atoms with Crippen molar-refractivity contribution >= 4 is 16.5 Å². The highest BCUT2D eigenvalue weighted by atomic mass is 32.1. The molecule has 1 aliphatic rings. The molecule has 0 amide bonds. The zero-order chi connectivity index (χ0) is 10.7. The van der Waals surface area contributed by atoms with Crippen molar-refractivity contribution in [2.75, 3.05) is 18.9 Å². The molecular weight excluding hydrogens is 208 g/mol. The van der Waals surface area contributed by atoms with Crippen LogP contribution in [0.1, 0.15) is 31.2 Å². The molecular formula is C10H18N4S. The Morgan fingerprint density at radius 2 is 2.27 bits per heavy atom. The molecule has 0 radical (unpaired) electrons. The Bertz CT molecular complexity index is 308. The minimum Gasteiger partial charge on any atom is -0.360 e. The number of hydrogen-bond donors (Lipinski definition) is 1. The van der Waals surface area contributed by atoms with Gasteiger partial charge in [0, 0.05) is 12.6 Å². The van der Waals surface area contributed by atoms with Gasteiger partial charge in [-0.15, -0.1) is 10.2 Å². The van der Waals surface area contributed by atoms with Crippen LogP contribution in [0, 0.1) is 0 Å². The smallest absolute Gasteiger partial charge is 0.205 e. The highest BCUT2D eigenvalue weighted by Gasteiger charge is 2.26. The molecule has 0 unspecified atom stereocenters. The van der Waals surface area contributed by atoms with Crippen LogP contribution in [0.3, 0.4) is 0 Å². The van der Waals surface area contributed by atoms with E-state index in [0.717, 1.165) is 35.7 Å². The molecule has 15 heavy (non-hydrogen) atoms. The predicted octanol–water partition coefficient (Wildman–Crippen LogP) is 1.95. The summed E-state index contributed by atoms with van der Waals surface area (Å²) in [5, 5.41) is 13.6. The maximum absolute atomic E-state index is 4.18. The van der Waals surface area contributed by atoms with Gasteiger partial charge in [0.25, 0.3) is 0 Å². The lowest BCUT2D eigenvalue weighted by atomic mass is 10.5. The van der Waals surface area contributed by atoms with E-state index in [9.17, 15) is 0 Å². The van der Waals surface area contributed by atoms with Crippen LogP contribution >= 0.6 is 11.3 Å². The molecule has 1 aliphatic carbocycles. The van der Waals surface area contributed by atoms with E-state index in [4.69, 9.17) is 0 Å². The van der Waals surface area contributed by atoms with Crippen molar-refractivity contribution in [3.63, 3.8) is 0 Å². The summed E-state index contributed by atoms with van der Waals surface area (Å²) >= 11 is 1.67. The number of nitrogens with one attached hydrogen (secondary N) is 1. The summed E-state index contributed by atoms with van der Waals surface area (Å²) in [7, 11) is 2.16. The van der Waals surface area contributed by atoms with Crippen molar-refractivity contribution in [1.82, 2.24) is 15.1 Å². The van der Waals surface area contributed by atoms with Crippen LogP contribution in [-0.4, -0.2) is 34.7 Å². The van der Waals surface area contributed by atoms with Crippen LogP contribution in [0.15, 0.2) is 0 Å². The van der Waals surface area contributed by atoms with E-state index >= 15 is 0 Å². The monoisotopic (exact) mass is 226 g/mol. The van der Waals surface area contributed by atoms with Gasteiger partial charge in [0.1, 0.15) is 5.01 Å². The van der Waals surface area contributed by atoms with Gasteiger partial charge in [0.15, 0.2) is 0 Å². The average Bonchev–Trinajstić information content (AvgIpc) is 2.99. The third-order valence-electron chi connectivity index (χ3n) is 2.55. The molecule has 1 aromatic rings. The topological polar surface area (TPSA) is 41.1 Å². The van der Waals surface area contributed by atoms with E-state index in [1.807, 2.05) is 0 Å². The first-order valence-corrected chi connectivity index (χ1v) is 6.37. The van der Waals surface area contributed by atoms with Crippen molar-refractivity contribution in [3.8, 4) is 0 Å². The first-order valence-electron chi connectivity index (χ1n) is 5.56. The molecule has 1 aromatic heterocycles. The van der Waals surface area contributed by atoms with Gasteiger partial charge in [-0.1, -0.05) is 18.3 Å². The van der Waals surface area contributed by atoms with Gasteiger partial charge in [-0.05, 0) is 26.3 Å². The van der Waals surface area contributed by atoms with Crippen LogP contribution in [0.2, 0.25) is 0 Å². The van der Waals surface area contributed by atoms with Crippen LogP contribution < -0.4 is 5.32 Å². The molecule has 0 saturated heterocycles. The van der Waals surface area contributed by atoms with Crippen molar-refractivity contribution in [2.45, 2.75) is 38.8 Å². The van der Waals surface area contributed by atoms with Crippen LogP contribution in [0.5, 0.6) is 0 Å². The largest absolute Gasteiger partial charge is 0.360 e. The summed E-state index contributed by atoms with van der Waals surface area (Å²) in [6, 6.07) is 0.793. The Kier molecular flexibility index (Phi) is 3.53. The first-order chi connectivity index (χ1) is 7.29. The van der Waals surface area contributed by atoms with E-state index in [1.54, 1.807) is 11.3 Å². The Morgan fingerprint density at radius 3 is 2.93 bits per heavy atom. The molecule has 5 heteroatoms. The van der Waals surface area contributed by atoms with Gasteiger partial charge < -0.3 is 5.32 Å². The lowest BCUT2D eigenvalue weighted by Crippen LogP contribution is -2.19. The molecule has 4 nitrogen and oxygen atoms in total. The fraction of sp³-hybridized carbons (Fsp3) is 0.800. The van der Waals surface area contributed by atoms with Gasteiger partial charge in [0.05, 0.1) is 6.54 Å². The second kappa shape index (κ2) is 4.90. The zero-order valence-corrected chi connectivity index (χ0v) is 10.2. The molecule has 0 bridgehead atoms. The summed E-state index contributed by atoms with van der Waals surface area (Å²) in [5.41, 5.74) is 0. The maximum atomic E-state index is 4.18. The number of rotatable bonds is 6. The second-order valence-electron chi connectivity index (χ2n) is 4.07. The third kappa shape index (κ3) is 3.14. The van der Waals surface area contributed by atoms with Crippen molar-refractivity contribution in [2.24, 2.45) is 0 Å². The fourth-order valence-electron chi connectivity index (χ4n) is 1.48. The summed E-state index contributed by atoms with van der Waals surface area (Å²) < 4.78 is 0. The number of nitrogens with zero attached hydrogens (tertiary/aromatic N) is 3. The predicted molar refractivity (Wildman–Crippen MR) is 63.2 cm³/mol. The van der Waals surface area contributed by atoms with Crippen molar-refractivity contribution in [3.05, 3.63) is 5.01 Å².